The van der Waals surface area contributed by atoms with E-state index in [4.69, 9.17) is 4.52 Å². The topological polar surface area (TPSA) is 76.3 Å². The number of aromatic nitrogens is 2. The minimum Gasteiger partial charge on any atom is -0.339 e. The van der Waals surface area contributed by atoms with Gasteiger partial charge in [-0.25, -0.2) is 12.8 Å². The Kier molecular flexibility index (Phi) is 3.96. The van der Waals surface area contributed by atoms with Gasteiger partial charge in [0, 0.05) is 13.1 Å². The van der Waals surface area contributed by atoms with E-state index in [1.54, 1.807) is 6.92 Å². The predicted molar refractivity (Wildman–Crippen MR) is 76.2 cm³/mol. The Bertz CT molecular complexity index is 775. The van der Waals surface area contributed by atoms with Crippen LogP contribution < -0.4 is 0 Å². The molecule has 1 aliphatic rings. The summed E-state index contributed by atoms with van der Waals surface area (Å²) in [7, 11) is -3.86. The van der Waals surface area contributed by atoms with Gasteiger partial charge in [-0.2, -0.15) is 9.29 Å². The standard InChI is InChI=1S/C14H16FN3O3S/c1-10-16-14(21-17-10)11-5-4-8-18(9-11)22(19,20)13-7-3-2-6-12(13)15/h2-3,6-7,11H,4-5,8-9H2,1H3/t11-/m0/s1. The van der Waals surface area contributed by atoms with Crippen molar-refractivity contribution in [2.45, 2.75) is 30.6 Å². The Morgan fingerprint density at radius 3 is 2.82 bits per heavy atom. The Hall–Kier alpha value is -1.80. The number of sulfonamides is 1. The first-order valence-electron chi connectivity index (χ1n) is 7.03. The minimum absolute atomic E-state index is 0.156. The van der Waals surface area contributed by atoms with Crippen LogP contribution in [0.3, 0.4) is 0 Å². The van der Waals surface area contributed by atoms with E-state index in [2.05, 4.69) is 10.1 Å². The van der Waals surface area contributed by atoms with Crippen molar-refractivity contribution in [3.63, 3.8) is 0 Å². The number of hydrogen-bond donors (Lipinski definition) is 0. The third-order valence-electron chi connectivity index (χ3n) is 3.73. The van der Waals surface area contributed by atoms with Crippen molar-refractivity contribution in [2.75, 3.05) is 13.1 Å². The molecule has 0 N–H and O–H groups in total. The fraction of sp³-hybridized carbons (Fsp3) is 0.429. The SMILES string of the molecule is Cc1noc([C@H]2CCCN(S(=O)(=O)c3ccccc3F)C2)n1. The summed E-state index contributed by atoms with van der Waals surface area (Å²) in [4.78, 5) is 3.87. The van der Waals surface area contributed by atoms with Crippen molar-refractivity contribution in [1.29, 1.82) is 0 Å². The van der Waals surface area contributed by atoms with Crippen LogP contribution in [0.5, 0.6) is 0 Å². The second-order valence-electron chi connectivity index (χ2n) is 5.31. The van der Waals surface area contributed by atoms with E-state index in [1.807, 2.05) is 0 Å². The Morgan fingerprint density at radius 1 is 1.36 bits per heavy atom. The molecule has 0 aliphatic carbocycles. The highest BCUT2D eigenvalue weighted by molar-refractivity contribution is 7.89. The van der Waals surface area contributed by atoms with Crippen molar-refractivity contribution in [1.82, 2.24) is 14.4 Å². The molecule has 8 heteroatoms. The van der Waals surface area contributed by atoms with Gasteiger partial charge in [0.2, 0.25) is 15.9 Å². The third-order valence-corrected chi connectivity index (χ3v) is 5.63. The average molecular weight is 325 g/mol. The number of halogens is 1. The molecular weight excluding hydrogens is 309 g/mol. The molecular formula is C14H16FN3O3S. The smallest absolute Gasteiger partial charge is 0.246 e. The number of rotatable bonds is 3. The van der Waals surface area contributed by atoms with Gasteiger partial charge in [-0.05, 0) is 31.9 Å². The summed E-state index contributed by atoms with van der Waals surface area (Å²) in [6, 6.07) is 5.41. The zero-order chi connectivity index (χ0) is 15.7. The van der Waals surface area contributed by atoms with Crippen LogP contribution in [0.1, 0.15) is 30.5 Å². The fourth-order valence-corrected chi connectivity index (χ4v) is 4.22. The lowest BCUT2D eigenvalue weighted by Gasteiger charge is -2.30. The first kappa shape index (κ1) is 15.1. The molecule has 6 nitrogen and oxygen atoms in total. The molecule has 1 atom stereocenters. The van der Waals surface area contributed by atoms with Gasteiger partial charge in [0.25, 0.3) is 0 Å². The maximum absolute atomic E-state index is 13.8. The Morgan fingerprint density at radius 2 is 2.14 bits per heavy atom. The van der Waals surface area contributed by atoms with Crippen LogP contribution in [0.25, 0.3) is 0 Å². The van der Waals surface area contributed by atoms with Gasteiger partial charge in [0.1, 0.15) is 10.7 Å². The lowest BCUT2D eigenvalue weighted by molar-refractivity contribution is 0.264. The van der Waals surface area contributed by atoms with Crippen molar-refractivity contribution < 1.29 is 17.3 Å². The van der Waals surface area contributed by atoms with Crippen molar-refractivity contribution in [3.05, 3.63) is 41.8 Å². The van der Waals surface area contributed by atoms with Gasteiger partial charge in [-0.3, -0.25) is 0 Å². The molecule has 1 fully saturated rings. The molecule has 2 heterocycles. The largest absolute Gasteiger partial charge is 0.339 e. The molecule has 1 aromatic heterocycles. The second-order valence-corrected chi connectivity index (χ2v) is 7.22. The lowest BCUT2D eigenvalue weighted by Crippen LogP contribution is -2.39. The van der Waals surface area contributed by atoms with Gasteiger partial charge in [0.05, 0.1) is 5.92 Å². The van der Waals surface area contributed by atoms with Crippen LogP contribution in [0.2, 0.25) is 0 Å². The zero-order valence-corrected chi connectivity index (χ0v) is 12.9. The molecule has 0 saturated carbocycles. The highest BCUT2D eigenvalue weighted by Gasteiger charge is 2.34. The summed E-state index contributed by atoms with van der Waals surface area (Å²) >= 11 is 0. The van der Waals surface area contributed by atoms with Crippen LogP contribution in [-0.4, -0.2) is 36.0 Å². The molecule has 0 amide bonds. The Balaban J connectivity index is 1.87. The molecule has 1 aliphatic heterocycles. The number of aryl methyl sites for hydroxylation is 1. The molecule has 0 unspecified atom stereocenters. The van der Waals surface area contributed by atoms with E-state index in [0.717, 1.165) is 12.5 Å². The first-order valence-corrected chi connectivity index (χ1v) is 8.47. The predicted octanol–water partition coefficient (Wildman–Crippen LogP) is 2.09. The van der Waals surface area contributed by atoms with Gasteiger partial charge in [0.15, 0.2) is 5.82 Å². The maximum atomic E-state index is 13.8. The molecule has 2 aromatic rings. The average Bonchev–Trinajstić information content (AvgIpc) is 2.94. The van der Waals surface area contributed by atoms with Crippen molar-refractivity contribution >= 4 is 10.0 Å². The molecule has 22 heavy (non-hydrogen) atoms. The van der Waals surface area contributed by atoms with Gasteiger partial charge >= 0.3 is 0 Å². The number of nitrogens with zero attached hydrogens (tertiary/aromatic N) is 3. The summed E-state index contributed by atoms with van der Waals surface area (Å²) in [5.74, 6) is 0.0600. The molecule has 3 rings (SSSR count). The third kappa shape index (κ3) is 2.76. The summed E-state index contributed by atoms with van der Waals surface area (Å²) in [5, 5.41) is 3.74. The van der Waals surface area contributed by atoms with Crippen LogP contribution >= 0.6 is 0 Å². The van der Waals surface area contributed by atoms with Gasteiger partial charge in [-0.1, -0.05) is 17.3 Å². The van der Waals surface area contributed by atoms with E-state index in [9.17, 15) is 12.8 Å². The number of benzene rings is 1. The van der Waals surface area contributed by atoms with Gasteiger partial charge in [-0.15, -0.1) is 0 Å². The quantitative estimate of drug-likeness (QED) is 0.863. The lowest BCUT2D eigenvalue weighted by atomic mass is 10.00. The van der Waals surface area contributed by atoms with E-state index in [1.165, 1.54) is 22.5 Å². The Labute approximate surface area is 128 Å². The maximum Gasteiger partial charge on any atom is 0.246 e. The number of piperidine rings is 1. The highest BCUT2D eigenvalue weighted by Crippen LogP contribution is 2.30. The van der Waals surface area contributed by atoms with Crippen LogP contribution in [0.4, 0.5) is 4.39 Å². The van der Waals surface area contributed by atoms with E-state index >= 15 is 0 Å². The molecule has 0 radical (unpaired) electrons. The summed E-state index contributed by atoms with van der Waals surface area (Å²) in [5.41, 5.74) is 0. The van der Waals surface area contributed by atoms with Crippen molar-refractivity contribution in [2.24, 2.45) is 0 Å². The summed E-state index contributed by atoms with van der Waals surface area (Å²) in [6.45, 7) is 2.29. The van der Waals surface area contributed by atoms with E-state index in [0.29, 0.717) is 24.7 Å². The van der Waals surface area contributed by atoms with E-state index in [-0.39, 0.29) is 17.4 Å². The second kappa shape index (κ2) is 5.77. The molecule has 1 saturated heterocycles. The van der Waals surface area contributed by atoms with Crippen LogP contribution in [-0.2, 0) is 10.0 Å². The normalized spacial score (nSPS) is 20.2. The molecule has 0 spiro atoms. The zero-order valence-electron chi connectivity index (χ0n) is 12.1. The fourth-order valence-electron chi connectivity index (χ4n) is 2.63. The minimum atomic E-state index is -3.86. The van der Waals surface area contributed by atoms with Crippen LogP contribution in [0.15, 0.2) is 33.7 Å². The monoisotopic (exact) mass is 325 g/mol. The van der Waals surface area contributed by atoms with Crippen LogP contribution in [0, 0.1) is 12.7 Å². The summed E-state index contributed by atoms with van der Waals surface area (Å²) < 4.78 is 45.5. The first-order chi connectivity index (χ1) is 10.5. The van der Waals surface area contributed by atoms with E-state index < -0.39 is 15.8 Å². The highest BCUT2D eigenvalue weighted by atomic mass is 32.2. The van der Waals surface area contributed by atoms with Gasteiger partial charge < -0.3 is 4.52 Å². The van der Waals surface area contributed by atoms with Crippen molar-refractivity contribution in [3.8, 4) is 0 Å². The molecule has 1 aromatic carbocycles. The molecule has 118 valence electrons. The number of hydrogen-bond acceptors (Lipinski definition) is 5. The molecule has 0 bridgehead atoms. The summed E-state index contributed by atoms with van der Waals surface area (Å²) in [6.07, 6.45) is 1.44.